The maximum Gasteiger partial charge on any atom is 0.252 e. The highest BCUT2D eigenvalue weighted by molar-refractivity contribution is 7.99. The van der Waals surface area contributed by atoms with Crippen molar-refractivity contribution in [1.29, 1.82) is 0 Å². The lowest BCUT2D eigenvalue weighted by atomic mass is 10.1. The van der Waals surface area contributed by atoms with Gasteiger partial charge in [-0.05, 0) is 29.8 Å². The molecule has 0 aliphatic heterocycles. The zero-order chi connectivity index (χ0) is 18.9. The second-order valence-corrected chi connectivity index (χ2v) is 6.37. The van der Waals surface area contributed by atoms with Gasteiger partial charge in [0.05, 0.1) is 26.9 Å². The second kappa shape index (κ2) is 9.77. The van der Waals surface area contributed by atoms with Gasteiger partial charge in [-0.1, -0.05) is 18.2 Å². The number of hydrogen-bond acceptors (Lipinski definition) is 5. The van der Waals surface area contributed by atoms with Crippen LogP contribution < -0.4 is 19.5 Å². The molecule has 26 heavy (non-hydrogen) atoms. The summed E-state index contributed by atoms with van der Waals surface area (Å²) in [4.78, 5) is 13.5. The van der Waals surface area contributed by atoms with Crippen molar-refractivity contribution >= 4 is 17.7 Å². The third kappa shape index (κ3) is 4.73. The first-order valence-electron chi connectivity index (χ1n) is 8.04. The van der Waals surface area contributed by atoms with E-state index in [4.69, 9.17) is 14.2 Å². The van der Waals surface area contributed by atoms with E-state index in [0.29, 0.717) is 29.4 Å². The van der Waals surface area contributed by atoms with Crippen molar-refractivity contribution in [1.82, 2.24) is 5.32 Å². The van der Waals surface area contributed by atoms with Gasteiger partial charge < -0.3 is 19.5 Å². The lowest BCUT2D eigenvalue weighted by Crippen LogP contribution is -2.23. The van der Waals surface area contributed by atoms with E-state index >= 15 is 0 Å². The SMILES string of the molecule is C=CCSc1ccccc1C(=O)NCc1cc(OC)c(OC)c(OC)c1. The minimum atomic E-state index is -0.133. The zero-order valence-electron chi connectivity index (χ0n) is 15.2. The van der Waals surface area contributed by atoms with Crippen LogP contribution in [0.3, 0.4) is 0 Å². The first-order valence-corrected chi connectivity index (χ1v) is 9.03. The molecule has 1 N–H and O–H groups in total. The molecule has 1 amide bonds. The summed E-state index contributed by atoms with van der Waals surface area (Å²) in [5.74, 6) is 2.25. The number of nitrogens with one attached hydrogen (secondary N) is 1. The number of hydrogen-bond donors (Lipinski definition) is 1. The summed E-state index contributed by atoms with van der Waals surface area (Å²) in [6, 6.07) is 11.2. The monoisotopic (exact) mass is 373 g/mol. The summed E-state index contributed by atoms with van der Waals surface area (Å²) >= 11 is 1.58. The minimum Gasteiger partial charge on any atom is -0.493 e. The van der Waals surface area contributed by atoms with Crippen LogP contribution in [0.15, 0.2) is 53.9 Å². The maximum atomic E-state index is 12.6. The molecule has 5 nitrogen and oxygen atoms in total. The molecular weight excluding hydrogens is 350 g/mol. The fourth-order valence-electron chi connectivity index (χ4n) is 2.44. The minimum absolute atomic E-state index is 0.133. The van der Waals surface area contributed by atoms with Gasteiger partial charge in [-0.15, -0.1) is 18.3 Å². The number of benzene rings is 2. The number of carbonyl (C=O) groups is 1. The second-order valence-electron chi connectivity index (χ2n) is 5.31. The Hall–Kier alpha value is -2.60. The Kier molecular flexibility index (Phi) is 7.41. The Bertz CT molecular complexity index is 751. The molecule has 2 rings (SSSR count). The lowest BCUT2D eigenvalue weighted by molar-refractivity contribution is 0.0948. The Morgan fingerprint density at radius 1 is 1.12 bits per heavy atom. The summed E-state index contributed by atoms with van der Waals surface area (Å²) in [5.41, 5.74) is 1.50. The molecule has 6 heteroatoms. The number of rotatable bonds is 9. The van der Waals surface area contributed by atoms with Gasteiger partial charge in [-0.25, -0.2) is 0 Å². The molecule has 0 unspecified atom stereocenters. The zero-order valence-corrected chi connectivity index (χ0v) is 16.0. The van der Waals surface area contributed by atoms with Crippen molar-refractivity contribution in [3.8, 4) is 17.2 Å². The van der Waals surface area contributed by atoms with E-state index in [1.807, 2.05) is 42.5 Å². The van der Waals surface area contributed by atoms with E-state index in [2.05, 4.69) is 11.9 Å². The van der Waals surface area contributed by atoms with Crippen LogP contribution in [0.4, 0.5) is 0 Å². The van der Waals surface area contributed by atoms with Gasteiger partial charge in [0.15, 0.2) is 11.5 Å². The molecule has 0 spiro atoms. The van der Waals surface area contributed by atoms with E-state index in [-0.39, 0.29) is 5.91 Å². The molecule has 0 saturated heterocycles. The quantitative estimate of drug-likeness (QED) is 0.533. The average Bonchev–Trinajstić information content (AvgIpc) is 2.69. The molecule has 0 radical (unpaired) electrons. The van der Waals surface area contributed by atoms with Crippen LogP contribution in [0.5, 0.6) is 17.2 Å². The summed E-state index contributed by atoms with van der Waals surface area (Å²) < 4.78 is 16.0. The summed E-state index contributed by atoms with van der Waals surface area (Å²) in [7, 11) is 4.68. The van der Waals surface area contributed by atoms with Crippen LogP contribution >= 0.6 is 11.8 Å². The van der Waals surface area contributed by atoms with Gasteiger partial charge in [-0.2, -0.15) is 0 Å². The van der Waals surface area contributed by atoms with Crippen molar-refractivity contribution in [3.63, 3.8) is 0 Å². The first kappa shape index (κ1) is 19.7. The third-order valence-electron chi connectivity index (χ3n) is 3.67. The van der Waals surface area contributed by atoms with Crippen molar-refractivity contribution in [2.75, 3.05) is 27.1 Å². The molecule has 0 aromatic heterocycles. The Morgan fingerprint density at radius 2 is 1.77 bits per heavy atom. The van der Waals surface area contributed by atoms with Gasteiger partial charge in [0.2, 0.25) is 5.75 Å². The molecule has 0 aliphatic rings. The van der Waals surface area contributed by atoms with E-state index < -0.39 is 0 Å². The summed E-state index contributed by atoms with van der Waals surface area (Å²) in [6.45, 7) is 4.06. The molecule has 0 heterocycles. The van der Waals surface area contributed by atoms with Crippen LogP contribution in [-0.4, -0.2) is 33.0 Å². The van der Waals surface area contributed by atoms with Crippen LogP contribution in [0, 0.1) is 0 Å². The third-order valence-corrected chi connectivity index (χ3v) is 4.74. The predicted molar refractivity (Wildman–Crippen MR) is 105 cm³/mol. The average molecular weight is 373 g/mol. The molecule has 0 aliphatic carbocycles. The fraction of sp³-hybridized carbons (Fsp3) is 0.250. The van der Waals surface area contributed by atoms with E-state index in [1.54, 1.807) is 33.1 Å². The van der Waals surface area contributed by atoms with Crippen LogP contribution in [-0.2, 0) is 6.54 Å². The number of methoxy groups -OCH3 is 3. The molecule has 0 saturated carbocycles. The first-order chi connectivity index (χ1) is 12.6. The smallest absolute Gasteiger partial charge is 0.252 e. The van der Waals surface area contributed by atoms with Crippen molar-refractivity contribution in [3.05, 3.63) is 60.2 Å². The van der Waals surface area contributed by atoms with Gasteiger partial charge in [0.25, 0.3) is 5.91 Å². The van der Waals surface area contributed by atoms with Gasteiger partial charge >= 0.3 is 0 Å². The highest BCUT2D eigenvalue weighted by Gasteiger charge is 2.15. The molecule has 2 aromatic rings. The Balaban J connectivity index is 2.16. The normalized spacial score (nSPS) is 10.1. The van der Waals surface area contributed by atoms with E-state index in [9.17, 15) is 4.79 Å². The highest BCUT2D eigenvalue weighted by Crippen LogP contribution is 2.38. The number of carbonyl (C=O) groups excluding carboxylic acids is 1. The maximum absolute atomic E-state index is 12.6. The Morgan fingerprint density at radius 3 is 2.35 bits per heavy atom. The number of thioether (sulfide) groups is 1. The van der Waals surface area contributed by atoms with Crippen LogP contribution in [0.1, 0.15) is 15.9 Å². The van der Waals surface area contributed by atoms with Crippen LogP contribution in [0.2, 0.25) is 0 Å². The summed E-state index contributed by atoms with van der Waals surface area (Å²) in [6.07, 6.45) is 1.81. The van der Waals surface area contributed by atoms with Crippen molar-refractivity contribution in [2.45, 2.75) is 11.4 Å². The van der Waals surface area contributed by atoms with E-state index in [1.165, 1.54) is 0 Å². The molecule has 0 atom stereocenters. The molecule has 138 valence electrons. The van der Waals surface area contributed by atoms with Crippen molar-refractivity contribution in [2.24, 2.45) is 0 Å². The van der Waals surface area contributed by atoms with Gasteiger partial charge in [-0.3, -0.25) is 4.79 Å². The van der Waals surface area contributed by atoms with Crippen LogP contribution in [0.25, 0.3) is 0 Å². The summed E-state index contributed by atoms with van der Waals surface area (Å²) in [5, 5.41) is 2.94. The standard InChI is InChI=1S/C20H23NO4S/c1-5-10-26-18-9-7-6-8-15(18)20(22)21-13-14-11-16(23-2)19(25-4)17(12-14)24-3/h5-9,11-12H,1,10,13H2,2-4H3,(H,21,22). The number of ether oxygens (including phenoxy) is 3. The molecule has 0 fully saturated rings. The lowest BCUT2D eigenvalue weighted by Gasteiger charge is -2.15. The van der Waals surface area contributed by atoms with Gasteiger partial charge in [0, 0.05) is 17.2 Å². The molecule has 0 bridgehead atoms. The topological polar surface area (TPSA) is 56.8 Å². The highest BCUT2D eigenvalue weighted by atomic mass is 32.2. The molecule has 2 aromatic carbocycles. The van der Waals surface area contributed by atoms with Gasteiger partial charge in [0.1, 0.15) is 0 Å². The van der Waals surface area contributed by atoms with E-state index in [0.717, 1.165) is 16.2 Å². The predicted octanol–water partition coefficient (Wildman–Crippen LogP) is 3.92. The largest absolute Gasteiger partial charge is 0.493 e. The van der Waals surface area contributed by atoms with Crippen molar-refractivity contribution < 1.29 is 19.0 Å². The Labute approximate surface area is 158 Å². The molecular formula is C20H23NO4S. The fourth-order valence-corrected chi connectivity index (χ4v) is 3.23. The number of amides is 1.